The normalized spacial score (nSPS) is 20.5. The molecule has 2 aliphatic heterocycles. The van der Waals surface area contributed by atoms with Crippen LogP contribution in [0.2, 0.25) is 0 Å². The van der Waals surface area contributed by atoms with E-state index in [1.54, 1.807) is 7.11 Å². The number of carbonyl (C=O) groups excluding carboxylic acids is 1. The molecule has 2 heterocycles. The fourth-order valence-corrected chi connectivity index (χ4v) is 3.54. The van der Waals surface area contributed by atoms with Gasteiger partial charge in [0.15, 0.2) is 18.1 Å². The number of nitrogens with zero attached hydrogens (tertiary/aromatic N) is 2. The molecule has 1 atom stereocenters. The average molecular weight is 384 g/mol. The van der Waals surface area contributed by atoms with Crippen LogP contribution in [0.15, 0.2) is 18.2 Å². The highest BCUT2D eigenvalue weighted by Crippen LogP contribution is 2.29. The summed E-state index contributed by atoms with van der Waals surface area (Å²) in [6.45, 7) is 8.00. The topological polar surface area (TPSA) is 54.0 Å². The molecule has 26 heavy (non-hydrogen) atoms. The van der Waals surface area contributed by atoms with E-state index in [1.807, 2.05) is 17.0 Å². The van der Waals surface area contributed by atoms with E-state index < -0.39 is 0 Å². The second-order valence-corrected chi connectivity index (χ2v) is 6.95. The van der Waals surface area contributed by atoms with Crippen molar-refractivity contribution < 1.29 is 14.3 Å². The van der Waals surface area contributed by atoms with Crippen LogP contribution in [0, 0.1) is 0 Å². The zero-order valence-corrected chi connectivity index (χ0v) is 16.5. The van der Waals surface area contributed by atoms with Crippen LogP contribution in [0.4, 0.5) is 0 Å². The van der Waals surface area contributed by atoms with Gasteiger partial charge in [-0.15, -0.1) is 12.4 Å². The lowest BCUT2D eigenvalue weighted by atomic mass is 10.1. The molecule has 0 saturated carbocycles. The molecule has 1 N–H and O–H groups in total. The lowest BCUT2D eigenvalue weighted by Crippen LogP contribution is -2.48. The van der Waals surface area contributed by atoms with E-state index in [0.717, 1.165) is 52.1 Å². The minimum absolute atomic E-state index is 0. The first kappa shape index (κ1) is 20.8. The van der Waals surface area contributed by atoms with Crippen molar-refractivity contribution >= 4 is 18.3 Å². The maximum absolute atomic E-state index is 12.1. The summed E-state index contributed by atoms with van der Waals surface area (Å²) >= 11 is 0. The van der Waals surface area contributed by atoms with E-state index in [9.17, 15) is 4.79 Å². The van der Waals surface area contributed by atoms with Gasteiger partial charge in [-0.3, -0.25) is 9.69 Å². The lowest BCUT2D eigenvalue weighted by Gasteiger charge is -2.31. The Balaban J connectivity index is 0.00000243. The van der Waals surface area contributed by atoms with Crippen molar-refractivity contribution in [1.82, 2.24) is 15.1 Å². The minimum atomic E-state index is 0. The van der Waals surface area contributed by atoms with Crippen LogP contribution in [0.5, 0.6) is 11.5 Å². The minimum Gasteiger partial charge on any atom is -0.493 e. The van der Waals surface area contributed by atoms with Gasteiger partial charge in [0.25, 0.3) is 5.91 Å². The number of ether oxygens (including phenoxy) is 2. The van der Waals surface area contributed by atoms with Crippen molar-refractivity contribution in [2.24, 2.45) is 0 Å². The molecule has 1 aromatic carbocycles. The first-order chi connectivity index (χ1) is 12.2. The van der Waals surface area contributed by atoms with Crippen molar-refractivity contribution in [1.29, 1.82) is 0 Å². The molecule has 0 aliphatic carbocycles. The average Bonchev–Trinajstić information content (AvgIpc) is 3.15. The zero-order valence-electron chi connectivity index (χ0n) is 15.7. The predicted octanol–water partition coefficient (Wildman–Crippen LogP) is 1.91. The highest BCUT2D eigenvalue weighted by atomic mass is 35.5. The Morgan fingerprint density at radius 1 is 1.23 bits per heavy atom. The summed E-state index contributed by atoms with van der Waals surface area (Å²) in [6.07, 6.45) is 2.18. The van der Waals surface area contributed by atoms with Gasteiger partial charge in [0, 0.05) is 45.3 Å². The number of halogens is 1. The molecule has 3 rings (SSSR count). The molecule has 7 heteroatoms. The number of amides is 1. The second-order valence-electron chi connectivity index (χ2n) is 6.95. The molecule has 146 valence electrons. The second kappa shape index (κ2) is 10.00. The van der Waals surface area contributed by atoms with E-state index in [4.69, 9.17) is 9.47 Å². The van der Waals surface area contributed by atoms with Gasteiger partial charge in [0.05, 0.1) is 7.11 Å². The Labute approximate surface area is 162 Å². The van der Waals surface area contributed by atoms with Crippen LogP contribution in [0.3, 0.4) is 0 Å². The Hall–Kier alpha value is -1.50. The van der Waals surface area contributed by atoms with Crippen molar-refractivity contribution in [3.05, 3.63) is 23.8 Å². The van der Waals surface area contributed by atoms with Crippen LogP contribution < -0.4 is 14.8 Å². The number of piperazine rings is 1. The molecule has 0 bridgehead atoms. The van der Waals surface area contributed by atoms with Gasteiger partial charge in [-0.05, 0) is 37.5 Å². The number of rotatable bonds is 6. The number of methoxy groups -OCH3 is 1. The largest absolute Gasteiger partial charge is 0.493 e. The van der Waals surface area contributed by atoms with E-state index >= 15 is 0 Å². The molecule has 2 fully saturated rings. The molecule has 0 spiro atoms. The zero-order chi connectivity index (χ0) is 17.6. The molecular weight excluding hydrogens is 354 g/mol. The van der Waals surface area contributed by atoms with Gasteiger partial charge in [-0.1, -0.05) is 6.07 Å². The van der Waals surface area contributed by atoms with Crippen molar-refractivity contribution in [2.75, 3.05) is 46.4 Å². The Bertz CT molecular complexity index is 593. The third-order valence-corrected chi connectivity index (χ3v) is 4.90. The van der Waals surface area contributed by atoms with Gasteiger partial charge in [-0.25, -0.2) is 0 Å². The highest BCUT2D eigenvalue weighted by molar-refractivity contribution is 5.85. The summed E-state index contributed by atoms with van der Waals surface area (Å²) in [5, 5.41) is 3.46. The number of hydrogen-bond donors (Lipinski definition) is 1. The van der Waals surface area contributed by atoms with Gasteiger partial charge in [0.2, 0.25) is 0 Å². The third kappa shape index (κ3) is 5.50. The molecule has 1 aromatic rings. The lowest BCUT2D eigenvalue weighted by molar-refractivity contribution is -0.132. The van der Waals surface area contributed by atoms with E-state index in [0.29, 0.717) is 17.5 Å². The standard InChI is InChI=1S/C19H29N3O3.ClH/c1-15-12-21(10-7-20-15)13-16-5-6-17(18(11-16)24-2)25-14-19(23)22-8-3-4-9-22;/h5-6,11,15,20H,3-4,7-10,12-14H2,1-2H3;1H/t15-;/m0./s1. The van der Waals surface area contributed by atoms with E-state index in [2.05, 4.69) is 23.2 Å². The smallest absolute Gasteiger partial charge is 0.260 e. The predicted molar refractivity (Wildman–Crippen MR) is 104 cm³/mol. The molecule has 2 aliphatic rings. The van der Waals surface area contributed by atoms with Gasteiger partial charge < -0.3 is 19.7 Å². The van der Waals surface area contributed by atoms with Crippen LogP contribution in [-0.4, -0.2) is 68.2 Å². The fourth-order valence-electron chi connectivity index (χ4n) is 3.54. The molecule has 0 aromatic heterocycles. The SMILES string of the molecule is COc1cc(CN2CCN[C@@H](C)C2)ccc1OCC(=O)N1CCCC1.Cl. The number of nitrogens with one attached hydrogen (secondary N) is 1. The van der Waals surface area contributed by atoms with Crippen LogP contribution >= 0.6 is 12.4 Å². The molecule has 1 amide bonds. The monoisotopic (exact) mass is 383 g/mol. The summed E-state index contributed by atoms with van der Waals surface area (Å²) in [6, 6.07) is 6.51. The van der Waals surface area contributed by atoms with Crippen LogP contribution in [-0.2, 0) is 11.3 Å². The number of likely N-dealkylation sites (tertiary alicyclic amines) is 1. The Morgan fingerprint density at radius 3 is 2.69 bits per heavy atom. The number of carbonyl (C=O) groups is 1. The van der Waals surface area contributed by atoms with Crippen molar-refractivity contribution in [3.63, 3.8) is 0 Å². The first-order valence-electron chi connectivity index (χ1n) is 9.19. The summed E-state index contributed by atoms with van der Waals surface area (Å²) in [5.74, 6) is 1.38. The first-order valence-corrected chi connectivity index (χ1v) is 9.19. The van der Waals surface area contributed by atoms with Gasteiger partial charge in [-0.2, -0.15) is 0 Å². The summed E-state index contributed by atoms with van der Waals surface area (Å²) in [5.41, 5.74) is 1.20. The summed E-state index contributed by atoms with van der Waals surface area (Å²) < 4.78 is 11.2. The molecule has 6 nitrogen and oxygen atoms in total. The van der Waals surface area contributed by atoms with Crippen LogP contribution in [0.25, 0.3) is 0 Å². The fraction of sp³-hybridized carbons (Fsp3) is 0.632. The summed E-state index contributed by atoms with van der Waals surface area (Å²) in [4.78, 5) is 16.4. The molecular formula is C19H30ClN3O3. The third-order valence-electron chi connectivity index (χ3n) is 4.90. The Morgan fingerprint density at radius 2 is 2.00 bits per heavy atom. The quantitative estimate of drug-likeness (QED) is 0.813. The Kier molecular flexibility index (Phi) is 8.00. The number of benzene rings is 1. The molecule has 2 saturated heterocycles. The summed E-state index contributed by atoms with van der Waals surface area (Å²) in [7, 11) is 1.64. The molecule has 0 unspecified atom stereocenters. The van der Waals surface area contributed by atoms with Gasteiger partial charge >= 0.3 is 0 Å². The highest BCUT2D eigenvalue weighted by Gasteiger charge is 2.19. The molecule has 0 radical (unpaired) electrons. The van der Waals surface area contributed by atoms with Crippen LogP contribution in [0.1, 0.15) is 25.3 Å². The number of hydrogen-bond acceptors (Lipinski definition) is 5. The maximum atomic E-state index is 12.1. The van der Waals surface area contributed by atoms with Crippen molar-refractivity contribution in [3.8, 4) is 11.5 Å². The van der Waals surface area contributed by atoms with E-state index in [1.165, 1.54) is 5.56 Å². The van der Waals surface area contributed by atoms with Gasteiger partial charge in [0.1, 0.15) is 0 Å². The van der Waals surface area contributed by atoms with Crippen molar-refractivity contribution in [2.45, 2.75) is 32.4 Å². The maximum Gasteiger partial charge on any atom is 0.260 e. The van der Waals surface area contributed by atoms with E-state index in [-0.39, 0.29) is 24.9 Å².